The van der Waals surface area contributed by atoms with Crippen molar-refractivity contribution in [3.63, 3.8) is 0 Å². The summed E-state index contributed by atoms with van der Waals surface area (Å²) < 4.78 is 26.5. The Morgan fingerprint density at radius 1 is 0.439 bits per heavy atom. The first-order valence-corrected chi connectivity index (χ1v) is 22.9. The lowest BCUT2D eigenvalue weighted by atomic mass is 9.37. The van der Waals surface area contributed by atoms with Gasteiger partial charge in [0.05, 0.1) is 23.9 Å². The Morgan fingerprint density at radius 3 is 1.29 bits per heavy atom. The molecule has 0 atom stereocenters. The molecular weight excluding hydrogens is 811 g/mol. The van der Waals surface area contributed by atoms with E-state index >= 15 is 0 Å². The fraction of sp³-hybridized carbons (Fsp3) is 0.153. The van der Waals surface area contributed by atoms with Crippen LogP contribution in [0.25, 0.3) is 66.1 Å². The Hall–Kier alpha value is -7.64. The number of rotatable bonds is 4. The number of hydrogen-bond acceptors (Lipinski definition) is 6. The molecule has 0 aliphatic carbocycles. The predicted molar refractivity (Wildman–Crippen MR) is 273 cm³/mol. The van der Waals surface area contributed by atoms with Gasteiger partial charge in [0.15, 0.2) is 0 Å². The van der Waals surface area contributed by atoms with Crippen molar-refractivity contribution < 1.29 is 17.7 Å². The summed E-state index contributed by atoms with van der Waals surface area (Å²) in [5.74, 6) is 0. The molecule has 4 aromatic heterocycles. The Balaban J connectivity index is 1.07. The van der Waals surface area contributed by atoms with Crippen molar-refractivity contribution in [2.45, 2.75) is 59.3 Å². The van der Waals surface area contributed by atoms with Gasteiger partial charge in [-0.1, -0.05) is 114 Å². The monoisotopic (exact) mass is 858 g/mol. The molecule has 2 aliphatic heterocycles. The highest BCUT2D eigenvalue weighted by Crippen LogP contribution is 2.50. The van der Waals surface area contributed by atoms with Crippen LogP contribution in [0.3, 0.4) is 0 Å². The van der Waals surface area contributed by atoms with Gasteiger partial charge < -0.3 is 27.5 Å². The van der Waals surface area contributed by atoms with Gasteiger partial charge in [0.25, 0.3) is 0 Å². The quantitative estimate of drug-likeness (QED) is 0.164. The summed E-state index contributed by atoms with van der Waals surface area (Å²) in [5, 5.41) is 4.35. The van der Waals surface area contributed by atoms with Crippen LogP contribution in [-0.4, -0.2) is 6.71 Å². The zero-order chi connectivity index (χ0) is 44.8. The standard InChI is InChI=1S/C59H47BN2O4/c1-34-28-47-53-48(29-34)62(40-24-18-36(19-25-40)46-33-64-50-15-11-9-13-42(46)50)55-44-31-38(59(5,6)7)21-27-52(44)66-57(55)60(53)56-54(43-30-37(58(2,3)4)20-26-51(43)65-56)61(47)39-22-16-35(17-23-39)45-32-63-49-14-10-8-12-41(45)49/h8-33H,1-7H3. The SMILES string of the molecule is Cc1cc2c3c(c1)N(c1ccc(-c4coc5ccccc45)cc1)c1c(oc4ccc(C(C)(C)C)cc14)B3c1oc3ccc(C(C)(C)C)cc3c1N2c1ccc(-c2coc3ccccc23)cc1. The van der Waals surface area contributed by atoms with Crippen LogP contribution in [0.15, 0.2) is 176 Å². The van der Waals surface area contributed by atoms with Gasteiger partial charge in [-0.25, -0.2) is 0 Å². The summed E-state index contributed by atoms with van der Waals surface area (Å²) in [7, 11) is 0. The van der Waals surface area contributed by atoms with E-state index in [2.05, 4.69) is 180 Å². The van der Waals surface area contributed by atoms with E-state index in [0.717, 1.165) is 123 Å². The summed E-state index contributed by atoms with van der Waals surface area (Å²) in [6, 6.07) is 52.4. The van der Waals surface area contributed by atoms with Crippen molar-refractivity contribution in [2.75, 3.05) is 9.80 Å². The van der Waals surface area contributed by atoms with Crippen molar-refractivity contribution in [2.24, 2.45) is 0 Å². The number of nitrogens with zero attached hydrogens (tertiary/aromatic N) is 2. The van der Waals surface area contributed by atoms with E-state index in [1.54, 1.807) is 0 Å². The van der Waals surface area contributed by atoms with Crippen LogP contribution in [0.4, 0.5) is 34.1 Å². The van der Waals surface area contributed by atoms with Gasteiger partial charge >= 0.3 is 6.71 Å². The van der Waals surface area contributed by atoms with Gasteiger partial charge in [-0.3, -0.25) is 0 Å². The van der Waals surface area contributed by atoms with Gasteiger partial charge in [-0.2, -0.15) is 0 Å². The van der Waals surface area contributed by atoms with E-state index in [4.69, 9.17) is 17.7 Å². The summed E-state index contributed by atoms with van der Waals surface area (Å²) in [6.45, 7) is 15.5. The maximum atomic E-state index is 7.24. The van der Waals surface area contributed by atoms with Crippen LogP contribution in [0.5, 0.6) is 0 Å². The third kappa shape index (κ3) is 5.68. The maximum Gasteiger partial charge on any atom is 0.342 e. The highest BCUT2D eigenvalue weighted by atomic mass is 16.4. The Bertz CT molecular complexity index is 3510. The van der Waals surface area contributed by atoms with Gasteiger partial charge in [0.1, 0.15) is 33.7 Å². The first kappa shape index (κ1) is 38.8. The van der Waals surface area contributed by atoms with Crippen LogP contribution in [-0.2, 0) is 10.8 Å². The fourth-order valence-corrected chi connectivity index (χ4v) is 10.6. The molecule has 66 heavy (non-hydrogen) atoms. The van der Waals surface area contributed by atoms with E-state index in [1.165, 1.54) is 11.1 Å². The molecule has 7 aromatic carbocycles. The third-order valence-electron chi connectivity index (χ3n) is 14.0. The Labute approximate surface area is 383 Å². The van der Waals surface area contributed by atoms with Crippen LogP contribution in [0, 0.1) is 6.92 Å². The first-order chi connectivity index (χ1) is 31.9. The average Bonchev–Trinajstić information content (AvgIpc) is 4.11. The minimum absolute atomic E-state index is 0.0726. The molecule has 0 saturated carbocycles. The summed E-state index contributed by atoms with van der Waals surface area (Å²) >= 11 is 0. The molecule has 11 aromatic rings. The minimum Gasteiger partial charge on any atom is -0.468 e. The molecule has 0 fully saturated rings. The molecule has 320 valence electrons. The van der Waals surface area contributed by atoms with E-state index in [1.807, 2.05) is 36.8 Å². The molecule has 0 amide bonds. The number of benzene rings is 7. The third-order valence-corrected chi connectivity index (χ3v) is 14.0. The molecule has 0 bridgehead atoms. The Kier molecular flexibility index (Phi) is 8.05. The van der Waals surface area contributed by atoms with Crippen molar-refractivity contribution in [3.8, 4) is 22.3 Å². The minimum atomic E-state index is -0.322. The number of furan rings is 4. The zero-order valence-electron chi connectivity index (χ0n) is 38.1. The molecule has 0 radical (unpaired) electrons. The van der Waals surface area contributed by atoms with Crippen LogP contribution in [0.2, 0.25) is 0 Å². The highest BCUT2D eigenvalue weighted by molar-refractivity contribution is 6.99. The second-order valence-corrected chi connectivity index (χ2v) is 20.3. The predicted octanol–water partition coefficient (Wildman–Crippen LogP) is 15.0. The summed E-state index contributed by atoms with van der Waals surface area (Å²) in [5.41, 5.74) is 20.5. The number of anilines is 6. The van der Waals surface area contributed by atoms with Gasteiger partial charge in [0.2, 0.25) is 0 Å². The smallest absolute Gasteiger partial charge is 0.342 e. The lowest BCUT2D eigenvalue weighted by molar-refractivity contribution is 0.590. The van der Waals surface area contributed by atoms with Gasteiger partial charge in [-0.05, 0) is 124 Å². The van der Waals surface area contributed by atoms with Crippen LogP contribution < -0.4 is 26.6 Å². The van der Waals surface area contributed by atoms with Gasteiger partial charge in [-0.15, -0.1) is 0 Å². The lowest BCUT2D eigenvalue weighted by Gasteiger charge is -2.41. The number of fused-ring (bicyclic) bond motifs is 10. The molecule has 7 heteroatoms. The lowest BCUT2D eigenvalue weighted by Crippen LogP contribution is -2.60. The molecular formula is C59H47BN2O4. The van der Waals surface area contributed by atoms with E-state index in [9.17, 15) is 0 Å². The molecule has 0 spiro atoms. The second kappa shape index (κ2) is 13.7. The second-order valence-electron chi connectivity index (χ2n) is 20.3. The number of aryl methyl sites for hydroxylation is 1. The molecule has 0 N–H and O–H groups in total. The molecule has 13 rings (SSSR count). The van der Waals surface area contributed by atoms with Crippen molar-refractivity contribution in [3.05, 3.63) is 175 Å². The largest absolute Gasteiger partial charge is 0.468 e. The molecule has 0 saturated heterocycles. The molecule has 6 heterocycles. The number of hydrogen-bond donors (Lipinski definition) is 0. The summed E-state index contributed by atoms with van der Waals surface area (Å²) in [4.78, 5) is 4.87. The maximum absolute atomic E-state index is 7.24. The van der Waals surface area contributed by atoms with Crippen molar-refractivity contribution in [1.82, 2.24) is 0 Å². The van der Waals surface area contributed by atoms with Crippen LogP contribution >= 0.6 is 0 Å². The average molecular weight is 859 g/mol. The first-order valence-electron chi connectivity index (χ1n) is 22.9. The summed E-state index contributed by atoms with van der Waals surface area (Å²) in [6.07, 6.45) is 3.73. The normalized spacial score (nSPS) is 13.6. The topological polar surface area (TPSA) is 59.0 Å². The van der Waals surface area contributed by atoms with E-state index < -0.39 is 0 Å². The highest BCUT2D eigenvalue weighted by Gasteiger charge is 2.50. The Morgan fingerprint density at radius 2 is 0.864 bits per heavy atom. The molecule has 2 aliphatic rings. The fourth-order valence-electron chi connectivity index (χ4n) is 10.6. The van der Waals surface area contributed by atoms with Gasteiger partial charge in [0, 0.05) is 55.4 Å². The molecule has 6 nitrogen and oxygen atoms in total. The van der Waals surface area contributed by atoms with Crippen molar-refractivity contribution in [1.29, 1.82) is 0 Å². The van der Waals surface area contributed by atoms with E-state index in [0.29, 0.717) is 0 Å². The number of para-hydroxylation sites is 2. The molecule has 0 unspecified atom stereocenters. The van der Waals surface area contributed by atoms with Crippen LogP contribution in [0.1, 0.15) is 58.2 Å². The van der Waals surface area contributed by atoms with Crippen molar-refractivity contribution >= 4 is 101 Å². The van der Waals surface area contributed by atoms with E-state index in [-0.39, 0.29) is 17.5 Å². The zero-order valence-corrected chi connectivity index (χ0v) is 38.1.